The number of hydrogen-bond acceptors (Lipinski definition) is 0. The molecule has 0 rings (SSSR count). The highest BCUT2D eigenvalue weighted by Crippen LogP contribution is 2.23. The zero-order chi connectivity index (χ0) is 36.0. The Morgan fingerprint density at radius 2 is 0.905 bits per heavy atom. The van der Waals surface area contributed by atoms with Gasteiger partial charge in [-0.15, -0.1) is 6.58 Å². The molecule has 0 bridgehead atoms. The smallest absolute Gasteiger partial charge is 0.100 e. The molecule has 260 valence electrons. The predicted octanol–water partition coefficient (Wildman–Crippen LogP) is 16.9. The Morgan fingerprint density at radius 1 is 0.595 bits per heavy atom. The molecule has 42 heavy (non-hydrogen) atoms. The second-order valence-corrected chi connectivity index (χ2v) is 20.7. The maximum absolute atomic E-state index is 3.84. The van der Waals surface area contributed by atoms with Crippen molar-refractivity contribution in [3.8, 4) is 0 Å². The molecule has 0 aliphatic carbocycles. The molecule has 0 atom stereocenters. The molecule has 0 heterocycles. The second-order valence-electron chi connectivity index (χ2n) is 20.7. The Kier molecular flexibility index (Phi) is 31.8. The summed E-state index contributed by atoms with van der Waals surface area (Å²) in [6.07, 6.45) is 8.65. The second kappa shape index (κ2) is 24.8. The van der Waals surface area contributed by atoms with Crippen molar-refractivity contribution in [1.82, 2.24) is 0 Å². The van der Waals surface area contributed by atoms with E-state index >= 15 is 0 Å². The summed E-state index contributed by atoms with van der Waals surface area (Å²) in [7, 11) is 0. The lowest BCUT2D eigenvalue weighted by Crippen LogP contribution is -2.08. The van der Waals surface area contributed by atoms with Crippen LogP contribution in [-0.4, -0.2) is 0 Å². The molecule has 0 fully saturated rings. The van der Waals surface area contributed by atoms with Crippen LogP contribution < -0.4 is 0 Å². The van der Waals surface area contributed by atoms with Crippen LogP contribution in [0, 0.1) is 38.4 Å². The van der Waals surface area contributed by atoms with Crippen LogP contribution in [0.1, 0.15) is 218 Å². The first-order valence-electron chi connectivity index (χ1n) is 17.2. The molecule has 0 nitrogen and oxygen atoms in total. The highest BCUT2D eigenvalue weighted by Gasteiger charge is 2.11. The van der Waals surface area contributed by atoms with Gasteiger partial charge in [0.2, 0.25) is 0 Å². The van der Waals surface area contributed by atoms with Crippen molar-refractivity contribution in [3.05, 3.63) is 23.8 Å². The minimum absolute atomic E-state index is 0. The molecule has 0 aromatic carbocycles. The molecule has 0 radical (unpaired) electrons. The monoisotopic (exact) mass is 601 g/mol. The molecule has 0 saturated heterocycles. The lowest BCUT2D eigenvalue weighted by atomic mass is 9.86. The largest absolute Gasteiger partial charge is 1.00 e. The Hall–Kier alpha value is -0.520. The van der Waals surface area contributed by atoms with E-state index in [9.17, 15) is 0 Å². The van der Waals surface area contributed by atoms with Gasteiger partial charge in [0.1, 0.15) is 0 Å². The van der Waals surface area contributed by atoms with E-state index in [4.69, 9.17) is 0 Å². The van der Waals surface area contributed by atoms with Gasteiger partial charge >= 0.3 is 5.71 Å². The maximum atomic E-state index is 3.84. The predicted molar refractivity (Wildman–Crippen MR) is 210 cm³/mol. The van der Waals surface area contributed by atoms with Gasteiger partial charge in [0, 0.05) is 0 Å². The van der Waals surface area contributed by atoms with Crippen LogP contribution in [-0.2, 0) is 0 Å². The normalized spacial score (nSPS) is 11.9. The van der Waals surface area contributed by atoms with Gasteiger partial charge in [0.15, 0.2) is 0 Å². The first kappa shape index (κ1) is 54.0. The van der Waals surface area contributed by atoms with Crippen molar-refractivity contribution >= 4 is 0 Å². The van der Waals surface area contributed by atoms with Crippen molar-refractivity contribution in [2.45, 2.75) is 212 Å². The Labute approximate surface area is 279 Å². The molecule has 0 aliphatic rings. The Bertz CT molecular complexity index is 620. The number of rotatable bonds is 3. The zero-order valence-electron chi connectivity index (χ0n) is 39.4. The summed E-state index contributed by atoms with van der Waals surface area (Å²) in [6.45, 7) is 61.6. The van der Waals surface area contributed by atoms with Gasteiger partial charge in [-0.3, -0.25) is 0 Å². The van der Waals surface area contributed by atoms with Crippen molar-refractivity contribution in [2.24, 2.45) is 38.4 Å². The quantitative estimate of drug-likeness (QED) is 0.283. The Morgan fingerprint density at radius 3 is 0.905 bits per heavy atom. The first-order chi connectivity index (χ1) is 17.9. The first-order valence-corrected chi connectivity index (χ1v) is 17.2. The van der Waals surface area contributed by atoms with Crippen LogP contribution >= 0.6 is 0 Å². The Balaban J connectivity index is -0.0000000418. The SMILES string of the molecule is C=C(C)CC(C)(C)C.CC(C)(C)C.CC(C)=CC(C)(C)C.CC(C)CC(C)(C)C.CCC(C)(C)C.CCCC(C)(C)C.[H+].[H+].[H+].[H+]. The molecule has 0 aromatic rings. The topological polar surface area (TPSA) is 0 Å². The number of allylic oxidation sites excluding steroid dienone is 3. The molecular formula is C42H96+4. The van der Waals surface area contributed by atoms with Crippen LogP contribution in [0.5, 0.6) is 0 Å². The fourth-order valence-corrected chi connectivity index (χ4v) is 3.75. The van der Waals surface area contributed by atoms with E-state index in [1.54, 1.807) is 0 Å². The molecule has 0 N–H and O–H groups in total. The van der Waals surface area contributed by atoms with Gasteiger partial charge < -0.3 is 0 Å². The van der Waals surface area contributed by atoms with Gasteiger partial charge in [0.05, 0.1) is 0 Å². The van der Waals surface area contributed by atoms with Crippen molar-refractivity contribution in [2.75, 3.05) is 0 Å². The third kappa shape index (κ3) is 127. The van der Waals surface area contributed by atoms with Crippen LogP contribution in [0.15, 0.2) is 23.8 Å². The summed E-state index contributed by atoms with van der Waals surface area (Å²) >= 11 is 0. The van der Waals surface area contributed by atoms with E-state index in [-0.39, 0.29) is 5.71 Å². The van der Waals surface area contributed by atoms with Gasteiger partial charge in [-0.05, 0) is 78.4 Å². The molecule has 0 heteroatoms. The van der Waals surface area contributed by atoms with Crippen molar-refractivity contribution in [1.29, 1.82) is 0 Å². The molecule has 0 unspecified atom stereocenters. The average Bonchev–Trinajstić information content (AvgIpc) is 2.53. The minimum Gasteiger partial charge on any atom is -0.100 e. The summed E-state index contributed by atoms with van der Waals surface area (Å²) in [5.74, 6) is 0.843. The van der Waals surface area contributed by atoms with Crippen LogP contribution in [0.2, 0.25) is 0 Å². The third-order valence-electron chi connectivity index (χ3n) is 4.64. The molecule has 0 amide bonds. The average molecular weight is 601 g/mol. The third-order valence-corrected chi connectivity index (χ3v) is 4.64. The summed E-state index contributed by atoms with van der Waals surface area (Å²) in [5.41, 5.74) is 5.57. The van der Waals surface area contributed by atoms with E-state index in [2.05, 4.69) is 193 Å². The van der Waals surface area contributed by atoms with Gasteiger partial charge in [-0.25, -0.2) is 0 Å². The fourth-order valence-electron chi connectivity index (χ4n) is 3.75. The summed E-state index contributed by atoms with van der Waals surface area (Å²) in [5, 5.41) is 0. The summed E-state index contributed by atoms with van der Waals surface area (Å²) in [4.78, 5) is 0. The van der Waals surface area contributed by atoms with Gasteiger partial charge in [-0.1, -0.05) is 189 Å². The molecule has 0 saturated carbocycles. The highest BCUT2D eigenvalue weighted by atomic mass is 14.2. The van der Waals surface area contributed by atoms with Crippen molar-refractivity contribution < 1.29 is 5.71 Å². The molecule has 0 aliphatic heterocycles. The molecule has 0 spiro atoms. The standard InChI is InChI=1S/C8H18.2C8H16.C7H16.C6H14.C5H12/c3*1-7(2)6-8(3,4)5;1-5-6-7(2,3)4;1-5-6(2,3)4;1-5(2,3)4/h7H,6H2,1-5H3;6H,1-5H3;1,6H2,2-5H3;5-6H2,1-4H3;5H2,1-4H3;1-4H3/p+4. The minimum atomic E-state index is 0. The van der Waals surface area contributed by atoms with Gasteiger partial charge in [0.25, 0.3) is 0 Å². The van der Waals surface area contributed by atoms with Gasteiger partial charge in [-0.2, -0.15) is 0 Å². The highest BCUT2D eigenvalue weighted by molar-refractivity contribution is 5.00. The summed E-state index contributed by atoms with van der Waals surface area (Å²) in [6, 6.07) is 0. The van der Waals surface area contributed by atoms with E-state index in [0.29, 0.717) is 32.5 Å². The van der Waals surface area contributed by atoms with E-state index in [1.165, 1.54) is 36.8 Å². The van der Waals surface area contributed by atoms with E-state index in [1.807, 2.05) is 0 Å². The van der Waals surface area contributed by atoms with E-state index < -0.39 is 0 Å². The maximum Gasteiger partial charge on any atom is 1.00 e. The lowest BCUT2D eigenvalue weighted by Gasteiger charge is -2.19. The van der Waals surface area contributed by atoms with Crippen LogP contribution in [0.3, 0.4) is 0 Å². The fraction of sp³-hybridized carbons (Fsp3) is 0.905. The van der Waals surface area contributed by atoms with Crippen molar-refractivity contribution in [3.63, 3.8) is 0 Å². The van der Waals surface area contributed by atoms with Crippen LogP contribution in [0.25, 0.3) is 0 Å². The van der Waals surface area contributed by atoms with Crippen LogP contribution in [0.4, 0.5) is 0 Å². The lowest BCUT2D eigenvalue weighted by molar-refractivity contribution is 0.320. The number of hydrogen-bond donors (Lipinski definition) is 0. The zero-order valence-corrected chi connectivity index (χ0v) is 35.4. The molecule has 0 aromatic heterocycles. The van der Waals surface area contributed by atoms with E-state index in [0.717, 1.165) is 12.3 Å². The molecular weight excluding hydrogens is 504 g/mol. The summed E-state index contributed by atoms with van der Waals surface area (Å²) < 4.78 is 0.